The Morgan fingerprint density at radius 3 is 2.20 bits per heavy atom. The van der Waals surface area contributed by atoms with Gasteiger partial charge in [-0.1, -0.05) is 72.6 Å². The zero-order chi connectivity index (χ0) is 33.5. The molecule has 256 valence electrons. The SMILES string of the molecule is Cc1c(OP(=O)(O)OC2=C(O)C(C(O)CO)OC2=O)cc2c(c1C)OC(C)(CCCC(C)CCCC(C)CCCC(C)C)CC2. The maximum Gasteiger partial charge on any atom is 0.585 e. The van der Waals surface area contributed by atoms with Crippen LogP contribution >= 0.6 is 7.82 Å². The van der Waals surface area contributed by atoms with Crippen molar-refractivity contribution in [1.82, 2.24) is 0 Å². The fourth-order valence-electron chi connectivity index (χ4n) is 6.18. The Kier molecular flexibility index (Phi) is 13.3. The van der Waals surface area contributed by atoms with E-state index in [-0.39, 0.29) is 11.4 Å². The maximum atomic E-state index is 12.9. The van der Waals surface area contributed by atoms with Crippen molar-refractivity contribution in [2.75, 3.05) is 6.61 Å². The van der Waals surface area contributed by atoms with E-state index in [0.717, 1.165) is 48.0 Å². The lowest BCUT2D eigenvalue weighted by Gasteiger charge is -2.37. The van der Waals surface area contributed by atoms with E-state index in [1.165, 1.54) is 44.9 Å². The Hall–Kier alpha value is -2.26. The van der Waals surface area contributed by atoms with E-state index in [9.17, 15) is 24.5 Å². The molecule has 1 aromatic rings. The second kappa shape index (κ2) is 16.0. The average Bonchev–Trinajstić information content (AvgIpc) is 3.23. The van der Waals surface area contributed by atoms with E-state index in [1.54, 1.807) is 13.0 Å². The standard InChI is InChI=1S/C34H55O10P/c1-21(2)11-8-12-22(3)13-9-14-23(4)15-10-17-34(7)18-16-26-19-28(24(5)25(6)30(26)42-34)43-45(39,40)44-32-29(37)31(27(36)20-35)41-33(32)38/h19,21-23,27,31,35-37H,8-18,20H2,1-7H3,(H,39,40). The molecular formula is C34H55O10P. The van der Waals surface area contributed by atoms with Gasteiger partial charge in [0, 0.05) is 0 Å². The zero-order valence-corrected chi connectivity index (χ0v) is 29.0. The van der Waals surface area contributed by atoms with E-state index in [2.05, 4.69) is 34.6 Å². The quantitative estimate of drug-likeness (QED) is 0.0932. The largest absolute Gasteiger partial charge is 0.585 e. The first kappa shape index (κ1) is 37.2. The van der Waals surface area contributed by atoms with Crippen LogP contribution in [0.2, 0.25) is 0 Å². The highest BCUT2D eigenvalue weighted by Crippen LogP contribution is 2.51. The molecule has 10 nitrogen and oxygen atoms in total. The summed E-state index contributed by atoms with van der Waals surface area (Å²) in [6.07, 6.45) is 9.30. The van der Waals surface area contributed by atoms with Crippen molar-refractivity contribution >= 4 is 13.8 Å². The molecule has 0 saturated carbocycles. The number of hydrogen-bond donors (Lipinski definition) is 4. The summed E-state index contributed by atoms with van der Waals surface area (Å²) in [7, 11) is -4.96. The van der Waals surface area contributed by atoms with Gasteiger partial charge in [-0.2, -0.15) is 0 Å². The predicted molar refractivity (Wildman–Crippen MR) is 172 cm³/mol. The van der Waals surface area contributed by atoms with E-state index in [1.807, 2.05) is 6.92 Å². The number of carbonyl (C=O) groups excluding carboxylic acids is 1. The molecule has 0 bridgehead atoms. The minimum absolute atomic E-state index is 0.0887. The highest BCUT2D eigenvalue weighted by Gasteiger charge is 2.44. The summed E-state index contributed by atoms with van der Waals surface area (Å²) in [4.78, 5) is 22.5. The van der Waals surface area contributed by atoms with Crippen LogP contribution < -0.4 is 9.26 Å². The van der Waals surface area contributed by atoms with Crippen molar-refractivity contribution in [3.05, 3.63) is 34.3 Å². The molecule has 0 saturated heterocycles. The molecule has 2 aliphatic heterocycles. The van der Waals surface area contributed by atoms with Crippen molar-refractivity contribution in [1.29, 1.82) is 0 Å². The molecule has 0 spiro atoms. The Balaban J connectivity index is 1.54. The van der Waals surface area contributed by atoms with Crippen LogP contribution in [0.4, 0.5) is 0 Å². The lowest BCUT2D eigenvalue weighted by molar-refractivity contribution is -0.147. The number of esters is 1. The molecule has 0 radical (unpaired) electrons. The van der Waals surface area contributed by atoms with Gasteiger partial charge in [-0.15, -0.1) is 0 Å². The molecule has 3 rings (SSSR count). The van der Waals surface area contributed by atoms with Crippen LogP contribution in [0.15, 0.2) is 17.6 Å². The van der Waals surface area contributed by atoms with E-state index >= 15 is 0 Å². The molecule has 0 fully saturated rings. The van der Waals surface area contributed by atoms with E-state index in [4.69, 9.17) is 23.6 Å². The number of rotatable bonds is 18. The second-order valence-corrected chi connectivity index (χ2v) is 15.3. The summed E-state index contributed by atoms with van der Waals surface area (Å²) in [5, 5.41) is 29.0. The zero-order valence-electron chi connectivity index (χ0n) is 28.1. The van der Waals surface area contributed by atoms with E-state index in [0.29, 0.717) is 17.9 Å². The third-order valence-electron chi connectivity index (χ3n) is 9.29. The first-order chi connectivity index (χ1) is 21.1. The summed E-state index contributed by atoms with van der Waals surface area (Å²) >= 11 is 0. The molecule has 2 aliphatic rings. The van der Waals surface area contributed by atoms with Gasteiger partial charge in [-0.3, -0.25) is 4.89 Å². The normalized spacial score (nSPS) is 23.2. The van der Waals surface area contributed by atoms with Gasteiger partial charge in [-0.25, -0.2) is 9.36 Å². The lowest BCUT2D eigenvalue weighted by Crippen LogP contribution is -2.36. The molecule has 11 heteroatoms. The number of ether oxygens (including phenoxy) is 2. The van der Waals surface area contributed by atoms with Crippen molar-refractivity contribution < 1.29 is 48.1 Å². The molecule has 1 aromatic carbocycles. The number of cyclic esters (lactones) is 1. The van der Waals surface area contributed by atoms with Crippen LogP contribution in [0.3, 0.4) is 0 Å². The minimum atomic E-state index is -4.96. The van der Waals surface area contributed by atoms with Gasteiger partial charge in [-0.05, 0) is 87.0 Å². The number of phosphoric acid groups is 1. The molecular weight excluding hydrogens is 599 g/mol. The second-order valence-electron chi connectivity index (χ2n) is 14.0. The van der Waals surface area contributed by atoms with Crippen LogP contribution in [0.1, 0.15) is 116 Å². The van der Waals surface area contributed by atoms with Gasteiger partial charge in [0.05, 0.1) is 6.61 Å². The first-order valence-electron chi connectivity index (χ1n) is 16.5. The number of aryl methyl sites for hydroxylation is 1. The Morgan fingerprint density at radius 1 is 1.00 bits per heavy atom. The molecule has 45 heavy (non-hydrogen) atoms. The number of phosphoric ester groups is 1. The third-order valence-corrected chi connectivity index (χ3v) is 10.1. The fraction of sp³-hybridized carbons (Fsp3) is 0.735. The van der Waals surface area contributed by atoms with Gasteiger partial charge < -0.3 is 33.8 Å². The van der Waals surface area contributed by atoms with Crippen molar-refractivity contribution in [2.45, 2.75) is 137 Å². The summed E-state index contributed by atoms with van der Waals surface area (Å²) < 4.78 is 34.4. The Labute approximate surface area is 268 Å². The van der Waals surface area contributed by atoms with Crippen molar-refractivity contribution in [3.8, 4) is 11.5 Å². The number of aliphatic hydroxyl groups is 3. The van der Waals surface area contributed by atoms with Crippen molar-refractivity contribution in [3.63, 3.8) is 0 Å². The first-order valence-corrected chi connectivity index (χ1v) is 18.0. The van der Waals surface area contributed by atoms with Gasteiger partial charge in [0.25, 0.3) is 5.76 Å². The summed E-state index contributed by atoms with van der Waals surface area (Å²) in [6.45, 7) is 14.3. The summed E-state index contributed by atoms with van der Waals surface area (Å²) in [5.41, 5.74) is 1.88. The number of hydrogen-bond acceptors (Lipinski definition) is 9. The highest BCUT2D eigenvalue weighted by atomic mass is 31.2. The molecule has 0 aromatic heterocycles. The third kappa shape index (κ3) is 10.4. The predicted octanol–water partition coefficient (Wildman–Crippen LogP) is 7.37. The minimum Gasteiger partial charge on any atom is -0.505 e. The van der Waals surface area contributed by atoms with Crippen molar-refractivity contribution in [2.24, 2.45) is 17.8 Å². The Morgan fingerprint density at radius 2 is 1.60 bits per heavy atom. The van der Waals surface area contributed by atoms with Gasteiger partial charge in [0.15, 0.2) is 11.9 Å². The number of benzene rings is 1. The van der Waals surface area contributed by atoms with Crippen LogP contribution in [-0.4, -0.2) is 50.6 Å². The molecule has 6 unspecified atom stereocenters. The number of fused-ring (bicyclic) bond motifs is 1. The van der Waals surface area contributed by atoms with Gasteiger partial charge in [0.1, 0.15) is 23.2 Å². The monoisotopic (exact) mass is 654 g/mol. The molecule has 4 N–H and O–H groups in total. The van der Waals surface area contributed by atoms with Gasteiger partial charge >= 0.3 is 13.8 Å². The van der Waals surface area contributed by atoms with E-state index < -0.39 is 44.1 Å². The molecule has 6 atom stereocenters. The van der Waals surface area contributed by atoms with Crippen LogP contribution in [-0.2, 0) is 25.0 Å². The number of carbonyl (C=O) groups is 1. The molecule has 2 heterocycles. The smallest absolute Gasteiger partial charge is 0.505 e. The summed E-state index contributed by atoms with van der Waals surface area (Å²) in [6, 6.07) is 1.65. The lowest BCUT2D eigenvalue weighted by atomic mass is 9.85. The topological polar surface area (TPSA) is 152 Å². The Bertz CT molecular complexity index is 1240. The fourth-order valence-corrected chi connectivity index (χ4v) is 7.06. The highest BCUT2D eigenvalue weighted by molar-refractivity contribution is 7.48. The average molecular weight is 655 g/mol. The molecule has 0 aliphatic carbocycles. The van der Waals surface area contributed by atoms with Gasteiger partial charge in [0.2, 0.25) is 0 Å². The summed E-state index contributed by atoms with van der Waals surface area (Å²) in [5.74, 6) is 0.00370. The van der Waals surface area contributed by atoms with Crippen LogP contribution in [0.25, 0.3) is 0 Å². The van der Waals surface area contributed by atoms with Crippen LogP contribution in [0.5, 0.6) is 11.5 Å². The maximum absolute atomic E-state index is 12.9. The molecule has 0 amide bonds. The van der Waals surface area contributed by atoms with Crippen LogP contribution in [0, 0.1) is 31.6 Å². The number of aliphatic hydroxyl groups excluding tert-OH is 3.